The number of ether oxygens (including phenoxy) is 2. The monoisotopic (exact) mass is 537 g/mol. The molecular formula is C27H33Cl2NO4S. The molecule has 35 heavy (non-hydrogen) atoms. The summed E-state index contributed by atoms with van der Waals surface area (Å²) in [5.41, 5.74) is 1.12. The fourth-order valence-corrected chi connectivity index (χ4v) is 5.77. The maximum Gasteiger partial charge on any atom is 0.417 e. The van der Waals surface area contributed by atoms with Gasteiger partial charge in [-0.05, 0) is 59.7 Å². The number of benzene rings is 2. The van der Waals surface area contributed by atoms with Gasteiger partial charge in [0.05, 0.1) is 7.11 Å². The lowest BCUT2D eigenvalue weighted by molar-refractivity contribution is -0.140. The Bertz CT molecular complexity index is 993. The van der Waals surface area contributed by atoms with Crippen LogP contribution in [0.3, 0.4) is 0 Å². The first-order chi connectivity index (χ1) is 16.7. The van der Waals surface area contributed by atoms with E-state index < -0.39 is 22.9 Å². The van der Waals surface area contributed by atoms with Crippen molar-refractivity contribution in [2.75, 3.05) is 7.11 Å². The van der Waals surface area contributed by atoms with E-state index in [0.717, 1.165) is 35.9 Å². The van der Waals surface area contributed by atoms with Crippen LogP contribution >= 0.6 is 35.1 Å². The Kier molecular flexibility index (Phi) is 10.2. The maximum absolute atomic E-state index is 13.0. The highest BCUT2D eigenvalue weighted by molar-refractivity contribution is 7.99. The molecule has 0 radical (unpaired) electrons. The van der Waals surface area contributed by atoms with Gasteiger partial charge in [0, 0.05) is 15.5 Å². The Hall–Kier alpha value is -1.89. The molecule has 2 aromatic carbocycles. The Morgan fingerprint density at radius 3 is 2.37 bits per heavy atom. The molecule has 1 aliphatic carbocycles. The van der Waals surface area contributed by atoms with Crippen LogP contribution in [0.1, 0.15) is 69.6 Å². The highest BCUT2D eigenvalue weighted by Gasteiger charge is 2.36. The van der Waals surface area contributed by atoms with Gasteiger partial charge in [0.2, 0.25) is 0 Å². The van der Waals surface area contributed by atoms with E-state index >= 15 is 0 Å². The summed E-state index contributed by atoms with van der Waals surface area (Å²) in [6, 6.07) is 14.7. The van der Waals surface area contributed by atoms with Crippen LogP contribution in [0.2, 0.25) is 10.0 Å². The van der Waals surface area contributed by atoms with Gasteiger partial charge in [0.15, 0.2) is 0 Å². The van der Waals surface area contributed by atoms with E-state index in [1.807, 2.05) is 50.2 Å². The molecule has 1 N–H and O–H groups in total. The molecule has 8 heteroatoms. The lowest BCUT2D eigenvalue weighted by Crippen LogP contribution is -2.34. The number of esters is 1. The minimum absolute atomic E-state index is 0.339. The summed E-state index contributed by atoms with van der Waals surface area (Å²) in [4.78, 5) is 25.4. The van der Waals surface area contributed by atoms with Gasteiger partial charge in [-0.2, -0.15) is 0 Å². The molecule has 0 spiro atoms. The average molecular weight is 539 g/mol. The van der Waals surface area contributed by atoms with Crippen LogP contribution in [0.15, 0.2) is 48.5 Å². The zero-order valence-electron chi connectivity index (χ0n) is 20.4. The largest absolute Gasteiger partial charge is 0.468 e. The van der Waals surface area contributed by atoms with Crippen molar-refractivity contribution in [3.63, 3.8) is 0 Å². The summed E-state index contributed by atoms with van der Waals surface area (Å²) in [7, 11) is 1.37. The molecule has 0 aromatic heterocycles. The normalized spacial score (nSPS) is 16.3. The number of amides is 1. The molecule has 1 saturated carbocycles. The van der Waals surface area contributed by atoms with E-state index in [4.69, 9.17) is 32.7 Å². The van der Waals surface area contributed by atoms with E-state index in [1.165, 1.54) is 26.4 Å². The zero-order valence-corrected chi connectivity index (χ0v) is 22.7. The summed E-state index contributed by atoms with van der Waals surface area (Å²) < 4.78 is 13.7. The summed E-state index contributed by atoms with van der Waals surface area (Å²) >= 11 is 13.4. The minimum atomic E-state index is -0.631. The predicted octanol–water partition coefficient (Wildman–Crippen LogP) is 7.90. The van der Waals surface area contributed by atoms with Gasteiger partial charge in [0.1, 0.15) is 11.4 Å². The second-order valence-corrected chi connectivity index (χ2v) is 11.4. The Labute approximate surface area is 222 Å². The van der Waals surface area contributed by atoms with Crippen molar-refractivity contribution in [1.29, 1.82) is 0 Å². The van der Waals surface area contributed by atoms with E-state index in [-0.39, 0.29) is 5.97 Å². The van der Waals surface area contributed by atoms with Gasteiger partial charge in [-0.1, -0.05) is 93.4 Å². The van der Waals surface area contributed by atoms with Crippen molar-refractivity contribution < 1.29 is 19.1 Å². The first-order valence-electron chi connectivity index (χ1n) is 11.9. The summed E-state index contributed by atoms with van der Waals surface area (Å²) in [5.74, 6) is 0.121. The van der Waals surface area contributed by atoms with Gasteiger partial charge in [-0.15, -0.1) is 0 Å². The van der Waals surface area contributed by atoms with Crippen molar-refractivity contribution in [3.8, 4) is 0 Å². The van der Waals surface area contributed by atoms with Crippen LogP contribution in [0, 0.1) is 5.92 Å². The van der Waals surface area contributed by atoms with Crippen molar-refractivity contribution in [1.82, 2.24) is 4.72 Å². The number of halogens is 2. The molecule has 0 bridgehead atoms. The third kappa shape index (κ3) is 7.80. The van der Waals surface area contributed by atoms with Gasteiger partial charge in [-0.25, -0.2) is 4.79 Å². The van der Waals surface area contributed by atoms with Gasteiger partial charge in [0.25, 0.3) is 0 Å². The molecular weight excluding hydrogens is 505 g/mol. The molecule has 0 heterocycles. The molecule has 1 unspecified atom stereocenters. The molecule has 2 aromatic rings. The Morgan fingerprint density at radius 1 is 1.06 bits per heavy atom. The molecule has 1 fully saturated rings. The first-order valence-corrected chi connectivity index (χ1v) is 13.6. The van der Waals surface area contributed by atoms with Crippen molar-refractivity contribution in [2.24, 2.45) is 5.92 Å². The van der Waals surface area contributed by atoms with Crippen LogP contribution in [0.25, 0.3) is 0 Å². The van der Waals surface area contributed by atoms with Crippen molar-refractivity contribution in [3.05, 3.63) is 69.7 Å². The van der Waals surface area contributed by atoms with Crippen LogP contribution in [-0.4, -0.2) is 24.4 Å². The quantitative estimate of drug-likeness (QED) is 0.260. The zero-order chi connectivity index (χ0) is 25.4. The smallest absolute Gasteiger partial charge is 0.417 e. The van der Waals surface area contributed by atoms with E-state index in [9.17, 15) is 9.59 Å². The number of carbonyl (C=O) groups is 2. The molecule has 0 saturated heterocycles. The van der Waals surface area contributed by atoms with Crippen molar-refractivity contribution >= 4 is 47.2 Å². The standard InChI is InChI=1S/C27H33Cl2NO4S/c1-27(2,20-10-7-11-22(29)17-20)24(19-12-14-21(28)15-13-19)34-26(32)30-35-23(25(31)33-3)16-18-8-5-4-6-9-18/h7,10-15,17-18,23-24H,4-6,8-9,16H2,1-3H3,(H,30,32)/t23-,24?/m0/s1. The third-order valence-corrected chi connectivity index (χ3v) is 8.08. The first kappa shape index (κ1) is 27.7. The third-order valence-electron chi connectivity index (χ3n) is 6.64. The number of carbonyl (C=O) groups excluding carboxylic acids is 2. The minimum Gasteiger partial charge on any atom is -0.468 e. The van der Waals surface area contributed by atoms with Crippen LogP contribution in [0.5, 0.6) is 0 Å². The number of methoxy groups -OCH3 is 1. The van der Waals surface area contributed by atoms with E-state index in [2.05, 4.69) is 4.72 Å². The van der Waals surface area contributed by atoms with Crippen LogP contribution in [0.4, 0.5) is 4.79 Å². The fourth-order valence-electron chi connectivity index (χ4n) is 4.61. The number of rotatable bonds is 9. The molecule has 5 nitrogen and oxygen atoms in total. The van der Waals surface area contributed by atoms with Crippen molar-refractivity contribution in [2.45, 2.75) is 69.1 Å². The molecule has 190 valence electrons. The molecule has 2 atom stereocenters. The average Bonchev–Trinajstić information content (AvgIpc) is 2.85. The second kappa shape index (κ2) is 12.9. The Balaban J connectivity index is 1.75. The summed E-state index contributed by atoms with van der Waals surface area (Å²) in [6.45, 7) is 4.00. The lowest BCUT2D eigenvalue weighted by atomic mass is 9.76. The maximum atomic E-state index is 13.0. The van der Waals surface area contributed by atoms with Crippen LogP contribution in [-0.2, 0) is 19.7 Å². The summed E-state index contributed by atoms with van der Waals surface area (Å²) in [6.07, 6.45) is 5.23. The molecule has 3 rings (SSSR count). The van der Waals surface area contributed by atoms with E-state index in [1.54, 1.807) is 12.1 Å². The topological polar surface area (TPSA) is 64.6 Å². The SMILES string of the molecule is COC(=O)[C@H](CC1CCCCC1)SNC(=O)OC(c1ccc(Cl)cc1)C(C)(C)c1cccc(Cl)c1. The van der Waals surface area contributed by atoms with Gasteiger partial charge in [-0.3, -0.25) is 9.52 Å². The lowest BCUT2D eigenvalue weighted by Gasteiger charge is -2.35. The highest BCUT2D eigenvalue weighted by Crippen LogP contribution is 2.41. The molecule has 1 amide bonds. The summed E-state index contributed by atoms with van der Waals surface area (Å²) in [5, 5.41) is 0.719. The number of hydrogen-bond acceptors (Lipinski definition) is 5. The van der Waals surface area contributed by atoms with Gasteiger partial charge >= 0.3 is 12.1 Å². The number of hydrogen-bond donors (Lipinski definition) is 1. The van der Waals surface area contributed by atoms with Crippen LogP contribution < -0.4 is 4.72 Å². The fraction of sp³-hybridized carbons (Fsp3) is 0.481. The molecule has 1 aliphatic rings. The highest BCUT2D eigenvalue weighted by atomic mass is 35.5. The Morgan fingerprint density at radius 2 is 1.74 bits per heavy atom. The van der Waals surface area contributed by atoms with E-state index in [0.29, 0.717) is 22.4 Å². The molecule has 0 aliphatic heterocycles. The second-order valence-electron chi connectivity index (χ2n) is 9.54. The number of nitrogens with one attached hydrogen (secondary N) is 1. The predicted molar refractivity (Wildman–Crippen MR) is 143 cm³/mol. The van der Waals surface area contributed by atoms with Gasteiger partial charge < -0.3 is 9.47 Å².